The number of rotatable bonds is 6. The van der Waals surface area contributed by atoms with Crippen LogP contribution in [0.2, 0.25) is 0 Å². The zero-order valence-corrected chi connectivity index (χ0v) is 19.9. The molecule has 180 valence electrons. The molecule has 9 nitrogen and oxygen atoms in total. The van der Waals surface area contributed by atoms with Gasteiger partial charge >= 0.3 is 0 Å². The first-order valence-electron chi connectivity index (χ1n) is 11.8. The van der Waals surface area contributed by atoms with Crippen LogP contribution in [0, 0.1) is 0 Å². The summed E-state index contributed by atoms with van der Waals surface area (Å²) in [6, 6.07) is 13.5. The molecule has 0 atom stereocenters. The molecule has 1 aliphatic carbocycles. The van der Waals surface area contributed by atoms with Crippen LogP contribution in [0.5, 0.6) is 5.88 Å². The molecule has 3 aliphatic rings. The summed E-state index contributed by atoms with van der Waals surface area (Å²) in [5.74, 6) is 1.11. The predicted molar refractivity (Wildman–Crippen MR) is 134 cm³/mol. The van der Waals surface area contributed by atoms with E-state index in [-0.39, 0.29) is 24.3 Å². The number of sulfonamides is 1. The Bertz CT molecular complexity index is 1370. The van der Waals surface area contributed by atoms with Gasteiger partial charge in [0.15, 0.2) is 0 Å². The first kappa shape index (κ1) is 21.8. The van der Waals surface area contributed by atoms with Gasteiger partial charge in [-0.1, -0.05) is 12.1 Å². The molecule has 1 amide bonds. The van der Waals surface area contributed by atoms with Crippen LogP contribution in [0.15, 0.2) is 54.9 Å². The van der Waals surface area contributed by atoms with E-state index in [1.165, 1.54) is 4.31 Å². The highest BCUT2D eigenvalue weighted by molar-refractivity contribution is 7.93. The molecule has 2 fully saturated rings. The van der Waals surface area contributed by atoms with E-state index in [0.29, 0.717) is 42.3 Å². The summed E-state index contributed by atoms with van der Waals surface area (Å²) in [5.41, 5.74) is 3.97. The summed E-state index contributed by atoms with van der Waals surface area (Å²) in [7, 11) is -3.39. The summed E-state index contributed by atoms with van der Waals surface area (Å²) < 4.78 is 32.7. The van der Waals surface area contributed by atoms with Gasteiger partial charge in [0, 0.05) is 30.4 Å². The van der Waals surface area contributed by atoms with Crippen LogP contribution in [0.4, 0.5) is 22.9 Å². The number of hydrogen-bond donors (Lipinski definition) is 1. The van der Waals surface area contributed by atoms with Crippen molar-refractivity contribution in [1.29, 1.82) is 0 Å². The SMILES string of the molecule is O=C1CCCN1c1ccc(-c2ccc(Nc3cnc4c(c3)N(S(=O)(=O)C3CC3)CCO4)nc2)cc1. The van der Waals surface area contributed by atoms with Crippen LogP contribution < -0.4 is 19.3 Å². The third-order valence-corrected chi connectivity index (χ3v) is 8.82. The van der Waals surface area contributed by atoms with Gasteiger partial charge in [-0.25, -0.2) is 18.4 Å². The van der Waals surface area contributed by atoms with Gasteiger partial charge < -0.3 is 15.0 Å². The lowest BCUT2D eigenvalue weighted by molar-refractivity contribution is -0.117. The van der Waals surface area contributed by atoms with Crippen molar-refractivity contribution in [3.8, 4) is 17.0 Å². The van der Waals surface area contributed by atoms with E-state index in [2.05, 4.69) is 15.3 Å². The molecule has 35 heavy (non-hydrogen) atoms. The molecule has 0 radical (unpaired) electrons. The Labute approximate surface area is 203 Å². The van der Waals surface area contributed by atoms with Crippen LogP contribution in [0.25, 0.3) is 11.1 Å². The Morgan fingerprint density at radius 2 is 1.77 bits per heavy atom. The number of benzene rings is 1. The molecular formula is C25H25N5O4S. The van der Waals surface area contributed by atoms with Crippen LogP contribution >= 0.6 is 0 Å². The Morgan fingerprint density at radius 1 is 0.971 bits per heavy atom. The molecular weight excluding hydrogens is 466 g/mol. The minimum atomic E-state index is -3.39. The molecule has 1 saturated carbocycles. The highest BCUT2D eigenvalue weighted by Gasteiger charge is 2.42. The lowest BCUT2D eigenvalue weighted by Crippen LogP contribution is -2.40. The number of carbonyl (C=O) groups excluding carboxylic acids is 1. The fraction of sp³-hybridized carbons (Fsp3) is 0.320. The lowest BCUT2D eigenvalue weighted by Gasteiger charge is -2.30. The van der Waals surface area contributed by atoms with Gasteiger partial charge in [0.2, 0.25) is 21.8 Å². The topological polar surface area (TPSA) is 105 Å². The molecule has 2 aromatic heterocycles. The van der Waals surface area contributed by atoms with E-state index in [9.17, 15) is 13.2 Å². The largest absolute Gasteiger partial charge is 0.474 e. The van der Waals surface area contributed by atoms with E-state index in [1.807, 2.05) is 41.3 Å². The zero-order valence-electron chi connectivity index (χ0n) is 19.1. The highest BCUT2D eigenvalue weighted by atomic mass is 32.2. The van der Waals surface area contributed by atoms with E-state index in [4.69, 9.17) is 4.74 Å². The molecule has 0 spiro atoms. The summed E-state index contributed by atoms with van der Waals surface area (Å²) in [4.78, 5) is 22.6. The average Bonchev–Trinajstić information content (AvgIpc) is 3.66. The number of nitrogens with zero attached hydrogens (tertiary/aromatic N) is 4. The van der Waals surface area contributed by atoms with Crippen molar-refractivity contribution in [2.45, 2.75) is 30.9 Å². The van der Waals surface area contributed by atoms with E-state index in [1.54, 1.807) is 18.5 Å². The number of pyridine rings is 2. The first-order valence-corrected chi connectivity index (χ1v) is 13.3. The van der Waals surface area contributed by atoms with Crippen LogP contribution in [-0.2, 0) is 14.8 Å². The number of ether oxygens (including phenoxy) is 1. The van der Waals surface area contributed by atoms with Gasteiger partial charge in [-0.05, 0) is 55.2 Å². The smallest absolute Gasteiger partial charge is 0.238 e. The molecule has 0 bridgehead atoms. The van der Waals surface area contributed by atoms with E-state index in [0.717, 1.165) is 29.8 Å². The molecule has 1 aromatic carbocycles. The van der Waals surface area contributed by atoms with Crippen molar-refractivity contribution in [3.05, 3.63) is 54.9 Å². The fourth-order valence-electron chi connectivity index (χ4n) is 4.50. The molecule has 2 aliphatic heterocycles. The number of fused-ring (bicyclic) bond motifs is 1. The van der Waals surface area contributed by atoms with Crippen molar-refractivity contribution < 1.29 is 17.9 Å². The zero-order chi connectivity index (χ0) is 24.0. The number of amides is 1. The maximum Gasteiger partial charge on any atom is 0.238 e. The number of anilines is 4. The Balaban J connectivity index is 1.19. The second-order valence-corrected chi connectivity index (χ2v) is 11.1. The highest BCUT2D eigenvalue weighted by Crippen LogP contribution is 2.39. The van der Waals surface area contributed by atoms with Crippen molar-refractivity contribution in [2.75, 3.05) is 34.2 Å². The van der Waals surface area contributed by atoms with Crippen LogP contribution in [0.3, 0.4) is 0 Å². The van der Waals surface area contributed by atoms with Crippen molar-refractivity contribution in [2.24, 2.45) is 0 Å². The molecule has 10 heteroatoms. The molecule has 3 aromatic rings. The Kier molecular flexibility index (Phi) is 5.32. The van der Waals surface area contributed by atoms with Crippen molar-refractivity contribution >= 4 is 38.8 Å². The number of hydrogen-bond acceptors (Lipinski definition) is 7. The fourth-order valence-corrected chi connectivity index (χ4v) is 6.32. The molecule has 0 unspecified atom stereocenters. The standard InChI is InChI=1S/C25H25N5O4S/c31-24-2-1-11-29(24)20-6-3-17(4-7-20)18-5-10-23(26-15-18)28-19-14-22-25(27-16-19)34-13-12-30(22)35(32,33)21-8-9-21/h3-7,10,14-16,21H,1-2,8-9,11-13H2,(H,26,28). The normalized spacial score (nSPS) is 17.8. The summed E-state index contributed by atoms with van der Waals surface area (Å²) >= 11 is 0. The Morgan fingerprint density at radius 3 is 2.46 bits per heavy atom. The van der Waals surface area contributed by atoms with E-state index >= 15 is 0 Å². The average molecular weight is 492 g/mol. The van der Waals surface area contributed by atoms with Gasteiger partial charge in [0.05, 0.1) is 23.7 Å². The molecule has 4 heterocycles. The maximum absolute atomic E-state index is 12.9. The number of aromatic nitrogens is 2. The van der Waals surface area contributed by atoms with Gasteiger partial charge in [0.25, 0.3) is 0 Å². The van der Waals surface area contributed by atoms with Gasteiger partial charge in [-0.2, -0.15) is 0 Å². The van der Waals surface area contributed by atoms with Crippen molar-refractivity contribution in [3.63, 3.8) is 0 Å². The van der Waals surface area contributed by atoms with Crippen molar-refractivity contribution in [1.82, 2.24) is 9.97 Å². The van der Waals surface area contributed by atoms with Gasteiger partial charge in [-0.3, -0.25) is 9.10 Å². The minimum Gasteiger partial charge on any atom is -0.474 e. The Hall–Kier alpha value is -3.66. The second kappa shape index (κ2) is 8.53. The first-order chi connectivity index (χ1) is 17.0. The second-order valence-electron chi connectivity index (χ2n) is 8.97. The summed E-state index contributed by atoms with van der Waals surface area (Å²) in [6.45, 7) is 1.35. The monoisotopic (exact) mass is 491 g/mol. The van der Waals surface area contributed by atoms with Crippen LogP contribution in [-0.4, -0.2) is 49.2 Å². The predicted octanol–water partition coefficient (Wildman–Crippen LogP) is 3.71. The molecule has 1 saturated heterocycles. The number of nitrogens with one attached hydrogen (secondary N) is 1. The van der Waals surface area contributed by atoms with E-state index < -0.39 is 10.0 Å². The number of carbonyl (C=O) groups is 1. The van der Waals surface area contributed by atoms with Gasteiger partial charge in [-0.15, -0.1) is 0 Å². The lowest BCUT2D eigenvalue weighted by atomic mass is 10.1. The minimum absolute atomic E-state index is 0.173. The third kappa shape index (κ3) is 4.18. The molecule has 1 N–H and O–H groups in total. The summed E-state index contributed by atoms with van der Waals surface area (Å²) in [5, 5.41) is 2.90. The summed E-state index contributed by atoms with van der Waals surface area (Å²) in [6.07, 6.45) is 6.31. The third-order valence-electron chi connectivity index (χ3n) is 6.51. The van der Waals surface area contributed by atoms with Crippen LogP contribution in [0.1, 0.15) is 25.7 Å². The quantitative estimate of drug-likeness (QED) is 0.561. The maximum atomic E-state index is 12.9. The molecule has 6 rings (SSSR count). The van der Waals surface area contributed by atoms with Gasteiger partial charge in [0.1, 0.15) is 18.1 Å².